The van der Waals surface area contributed by atoms with Crippen LogP contribution >= 0.6 is 15.9 Å². The minimum atomic E-state index is -0.591. The van der Waals surface area contributed by atoms with Gasteiger partial charge in [-0.3, -0.25) is 0 Å². The molecule has 0 aliphatic rings. The zero-order valence-electron chi connectivity index (χ0n) is 16.7. The van der Waals surface area contributed by atoms with Crippen molar-refractivity contribution >= 4 is 21.9 Å². The van der Waals surface area contributed by atoms with Crippen molar-refractivity contribution in [2.24, 2.45) is 0 Å². The number of benzene rings is 3. The van der Waals surface area contributed by atoms with Gasteiger partial charge in [-0.1, -0.05) is 64.5 Å². The number of oxazole rings is 1. The smallest absolute Gasteiger partial charge is 0.379 e. The Bertz CT molecular complexity index is 1360. The van der Waals surface area contributed by atoms with Gasteiger partial charge in [-0.25, -0.2) is 9.78 Å². The quantitative estimate of drug-likeness (QED) is 0.193. The average Bonchev–Trinajstić information content (AvgIpc) is 3.52. The van der Waals surface area contributed by atoms with Crippen molar-refractivity contribution < 1.29 is 18.4 Å². The van der Waals surface area contributed by atoms with E-state index in [4.69, 9.17) is 18.6 Å². The van der Waals surface area contributed by atoms with Gasteiger partial charge in [0.2, 0.25) is 11.7 Å². The fourth-order valence-electron chi connectivity index (χ4n) is 3.31. The van der Waals surface area contributed by atoms with Crippen molar-refractivity contribution in [2.45, 2.75) is 0 Å². The van der Waals surface area contributed by atoms with E-state index in [-0.39, 0.29) is 5.76 Å². The second-order valence-corrected chi connectivity index (χ2v) is 7.85. The van der Waals surface area contributed by atoms with Crippen LogP contribution in [0.5, 0.6) is 5.75 Å². The van der Waals surface area contributed by atoms with Crippen molar-refractivity contribution in [3.63, 3.8) is 0 Å². The minimum Gasteiger partial charge on any atom is -0.457 e. The van der Waals surface area contributed by atoms with Gasteiger partial charge in [-0.15, -0.1) is 0 Å². The summed E-state index contributed by atoms with van der Waals surface area (Å²) in [4.78, 5) is 17.4. The molecule has 0 atom stereocenters. The molecule has 0 radical (unpaired) electrons. The van der Waals surface area contributed by atoms with E-state index in [1.165, 1.54) is 6.26 Å². The van der Waals surface area contributed by atoms with E-state index in [0.717, 1.165) is 15.6 Å². The molecule has 0 fully saturated rings. The molecule has 156 valence electrons. The number of esters is 1. The molecule has 5 rings (SSSR count). The van der Waals surface area contributed by atoms with Gasteiger partial charge in [0.1, 0.15) is 11.4 Å². The lowest BCUT2D eigenvalue weighted by molar-refractivity contribution is 0.0702. The first kappa shape index (κ1) is 20.0. The molecule has 0 aliphatic carbocycles. The highest BCUT2D eigenvalue weighted by Gasteiger charge is 2.23. The molecular formula is C26H16BrNO4. The lowest BCUT2D eigenvalue weighted by atomic mass is 10.0. The van der Waals surface area contributed by atoms with Crippen LogP contribution in [-0.2, 0) is 0 Å². The number of hydrogen-bond donors (Lipinski definition) is 0. The van der Waals surface area contributed by atoms with Gasteiger partial charge in [0.25, 0.3) is 0 Å². The van der Waals surface area contributed by atoms with Gasteiger partial charge in [-0.2, -0.15) is 0 Å². The summed E-state index contributed by atoms with van der Waals surface area (Å²) >= 11 is 3.51. The zero-order chi connectivity index (χ0) is 21.9. The van der Waals surface area contributed by atoms with Crippen LogP contribution in [-0.4, -0.2) is 11.0 Å². The standard InChI is InChI=1S/C26H16BrNO4/c27-19-13-14-21(31-26(29)22-12-7-15-30-22)20(16-19)23-24(17-8-3-1-4-9-17)32-25(28-23)18-10-5-2-6-11-18/h1-16H. The topological polar surface area (TPSA) is 65.5 Å². The summed E-state index contributed by atoms with van der Waals surface area (Å²) in [6.45, 7) is 0. The third-order valence-corrected chi connectivity index (χ3v) is 5.30. The maximum absolute atomic E-state index is 12.6. The molecule has 5 aromatic rings. The second-order valence-electron chi connectivity index (χ2n) is 6.94. The van der Waals surface area contributed by atoms with Gasteiger partial charge in [-0.05, 0) is 42.5 Å². The first-order valence-electron chi connectivity index (χ1n) is 9.86. The maximum Gasteiger partial charge on any atom is 0.379 e. The van der Waals surface area contributed by atoms with Crippen LogP contribution in [0, 0.1) is 0 Å². The van der Waals surface area contributed by atoms with E-state index in [2.05, 4.69) is 15.9 Å². The van der Waals surface area contributed by atoms with Crippen molar-refractivity contribution in [1.82, 2.24) is 4.98 Å². The van der Waals surface area contributed by atoms with Crippen molar-refractivity contribution in [3.8, 4) is 39.8 Å². The highest BCUT2D eigenvalue weighted by Crippen LogP contribution is 2.41. The number of halogens is 1. The van der Waals surface area contributed by atoms with Gasteiger partial charge < -0.3 is 13.6 Å². The summed E-state index contributed by atoms with van der Waals surface area (Å²) in [6, 6.07) is 27.9. The summed E-state index contributed by atoms with van der Waals surface area (Å²) in [5.41, 5.74) is 2.89. The number of ether oxygens (including phenoxy) is 1. The summed E-state index contributed by atoms with van der Waals surface area (Å²) in [6.07, 6.45) is 1.43. The molecule has 0 aliphatic heterocycles. The fraction of sp³-hybridized carbons (Fsp3) is 0. The van der Waals surface area contributed by atoms with Crippen LogP contribution in [0.25, 0.3) is 34.0 Å². The lowest BCUT2D eigenvalue weighted by Crippen LogP contribution is -2.08. The summed E-state index contributed by atoms with van der Waals surface area (Å²) in [5.74, 6) is 0.930. The normalized spacial score (nSPS) is 10.8. The number of carbonyl (C=O) groups excluding carboxylic acids is 1. The molecule has 2 aromatic heterocycles. The Hall–Kier alpha value is -3.90. The Balaban J connectivity index is 1.66. The Morgan fingerprint density at radius 3 is 2.25 bits per heavy atom. The number of aromatic nitrogens is 1. The highest BCUT2D eigenvalue weighted by atomic mass is 79.9. The van der Waals surface area contributed by atoms with Gasteiger partial charge in [0.15, 0.2) is 5.76 Å². The molecule has 2 heterocycles. The summed E-state index contributed by atoms with van der Waals surface area (Å²) in [7, 11) is 0. The van der Waals surface area contributed by atoms with Crippen LogP contribution in [0.3, 0.4) is 0 Å². The van der Waals surface area contributed by atoms with E-state index >= 15 is 0 Å². The van der Waals surface area contributed by atoms with E-state index in [0.29, 0.717) is 28.7 Å². The molecule has 3 aromatic carbocycles. The van der Waals surface area contributed by atoms with Crippen molar-refractivity contribution in [1.29, 1.82) is 0 Å². The van der Waals surface area contributed by atoms with Crippen molar-refractivity contribution in [2.75, 3.05) is 0 Å². The number of rotatable bonds is 5. The predicted octanol–water partition coefficient (Wildman–Crippen LogP) is 7.25. The minimum absolute atomic E-state index is 0.118. The molecule has 32 heavy (non-hydrogen) atoms. The molecule has 0 N–H and O–H groups in total. The van der Waals surface area contributed by atoms with Gasteiger partial charge in [0, 0.05) is 21.2 Å². The molecule has 0 unspecified atom stereocenters. The summed E-state index contributed by atoms with van der Waals surface area (Å²) in [5, 5.41) is 0. The molecule has 0 amide bonds. The third-order valence-electron chi connectivity index (χ3n) is 4.81. The third kappa shape index (κ3) is 4.00. The first-order valence-corrected chi connectivity index (χ1v) is 10.7. The maximum atomic E-state index is 12.6. The van der Waals surface area contributed by atoms with E-state index in [1.807, 2.05) is 66.7 Å². The Labute approximate surface area is 192 Å². The molecule has 0 saturated carbocycles. The van der Waals surface area contributed by atoms with Crippen LogP contribution in [0.15, 0.2) is 111 Å². The van der Waals surface area contributed by atoms with E-state index in [9.17, 15) is 4.79 Å². The Morgan fingerprint density at radius 1 is 0.844 bits per heavy atom. The Kier molecular flexibility index (Phi) is 5.44. The highest BCUT2D eigenvalue weighted by molar-refractivity contribution is 9.10. The molecule has 0 bridgehead atoms. The monoisotopic (exact) mass is 485 g/mol. The largest absolute Gasteiger partial charge is 0.457 e. The fourth-order valence-corrected chi connectivity index (χ4v) is 3.67. The lowest BCUT2D eigenvalue weighted by Gasteiger charge is -2.09. The SMILES string of the molecule is O=C(Oc1ccc(Br)cc1-c1nc(-c2ccccc2)oc1-c1ccccc1)c1ccco1. The van der Waals surface area contributed by atoms with Crippen LogP contribution in [0.4, 0.5) is 0 Å². The first-order chi connectivity index (χ1) is 15.7. The average molecular weight is 486 g/mol. The molecule has 6 heteroatoms. The number of hydrogen-bond acceptors (Lipinski definition) is 5. The second kappa shape index (κ2) is 8.69. The van der Waals surface area contributed by atoms with Gasteiger partial charge >= 0.3 is 5.97 Å². The van der Waals surface area contributed by atoms with E-state index < -0.39 is 5.97 Å². The molecular weight excluding hydrogens is 470 g/mol. The van der Waals surface area contributed by atoms with E-state index in [1.54, 1.807) is 24.3 Å². The van der Waals surface area contributed by atoms with Gasteiger partial charge in [0.05, 0.1) is 6.26 Å². The Morgan fingerprint density at radius 2 is 1.56 bits per heavy atom. The van der Waals surface area contributed by atoms with Crippen molar-refractivity contribution in [3.05, 3.63) is 107 Å². The molecule has 0 saturated heterocycles. The molecule has 5 nitrogen and oxygen atoms in total. The zero-order valence-corrected chi connectivity index (χ0v) is 18.3. The van der Waals surface area contributed by atoms with Crippen LogP contribution in [0.1, 0.15) is 10.6 Å². The number of furan rings is 1. The predicted molar refractivity (Wildman–Crippen MR) is 124 cm³/mol. The number of nitrogens with zero attached hydrogens (tertiary/aromatic N) is 1. The summed E-state index contributed by atoms with van der Waals surface area (Å²) < 4.78 is 17.9. The number of carbonyl (C=O) groups is 1. The van der Waals surface area contributed by atoms with Crippen LogP contribution < -0.4 is 4.74 Å². The van der Waals surface area contributed by atoms with Crippen LogP contribution in [0.2, 0.25) is 0 Å². The molecule has 0 spiro atoms.